The Labute approximate surface area is 225 Å². The Hall–Kier alpha value is -3.58. The van der Waals surface area contributed by atoms with Gasteiger partial charge in [-0.05, 0) is 67.5 Å². The largest absolute Gasteiger partial charge is 0.481 e. The molecule has 7 nitrogen and oxygen atoms in total. The number of para-hydroxylation sites is 1. The molecule has 1 aliphatic heterocycles. The van der Waals surface area contributed by atoms with Crippen molar-refractivity contribution in [1.29, 1.82) is 0 Å². The minimum Gasteiger partial charge on any atom is -0.481 e. The van der Waals surface area contributed by atoms with Gasteiger partial charge in [0.1, 0.15) is 5.56 Å². The van der Waals surface area contributed by atoms with Crippen molar-refractivity contribution in [2.45, 2.75) is 38.1 Å². The van der Waals surface area contributed by atoms with Crippen LogP contribution in [0.1, 0.15) is 48.5 Å². The maximum Gasteiger partial charge on any atom is 0.261 e. The van der Waals surface area contributed by atoms with Crippen molar-refractivity contribution in [2.24, 2.45) is 5.92 Å². The number of carbonyl (C=O) groups excluding carboxylic acids is 1. The van der Waals surface area contributed by atoms with Crippen LogP contribution in [0.4, 0.5) is 11.4 Å². The molecule has 1 N–H and O–H groups in total. The molecule has 7 heteroatoms. The molecule has 2 fully saturated rings. The van der Waals surface area contributed by atoms with Crippen LogP contribution in [0.25, 0.3) is 0 Å². The summed E-state index contributed by atoms with van der Waals surface area (Å²) in [5, 5.41) is 3.08. The Morgan fingerprint density at radius 1 is 0.921 bits per heavy atom. The van der Waals surface area contributed by atoms with E-state index in [1.54, 1.807) is 12.1 Å². The molecule has 38 heavy (non-hydrogen) atoms. The first-order chi connectivity index (χ1) is 18.5. The third kappa shape index (κ3) is 5.34. The van der Waals surface area contributed by atoms with Gasteiger partial charge in [0.15, 0.2) is 0 Å². The van der Waals surface area contributed by atoms with E-state index in [0.29, 0.717) is 11.4 Å². The molecule has 0 spiro atoms. The number of benzene rings is 2. The van der Waals surface area contributed by atoms with Gasteiger partial charge in [-0.15, -0.1) is 0 Å². The summed E-state index contributed by atoms with van der Waals surface area (Å²) < 4.78 is 10.5. The van der Waals surface area contributed by atoms with Crippen molar-refractivity contribution in [3.05, 3.63) is 77.9 Å². The summed E-state index contributed by atoms with van der Waals surface area (Å²) in [4.78, 5) is 22.6. The van der Waals surface area contributed by atoms with Crippen LogP contribution < -0.4 is 19.7 Å². The van der Waals surface area contributed by atoms with E-state index >= 15 is 0 Å². The van der Waals surface area contributed by atoms with E-state index in [1.807, 2.05) is 6.07 Å². The number of rotatable bonds is 7. The monoisotopic (exact) mass is 514 g/mol. The molecule has 2 heterocycles. The maximum absolute atomic E-state index is 13.2. The van der Waals surface area contributed by atoms with Crippen LogP contribution in [0, 0.1) is 5.92 Å². The molecule has 0 atom stereocenters. The summed E-state index contributed by atoms with van der Waals surface area (Å²) in [5.41, 5.74) is 3.72. The summed E-state index contributed by atoms with van der Waals surface area (Å²) in [7, 11) is 3.04. The van der Waals surface area contributed by atoms with Crippen LogP contribution in [-0.4, -0.2) is 56.2 Å². The Balaban J connectivity index is 1.37. The van der Waals surface area contributed by atoms with Crippen LogP contribution in [0.5, 0.6) is 11.8 Å². The molecule has 1 aliphatic carbocycles. The molecular weight excluding hydrogens is 476 g/mol. The summed E-state index contributed by atoms with van der Waals surface area (Å²) >= 11 is 0. The number of amides is 1. The second-order valence-corrected chi connectivity index (χ2v) is 10.5. The number of nitrogens with one attached hydrogen (secondary N) is 1. The number of hydrogen-bond acceptors (Lipinski definition) is 6. The molecule has 1 saturated carbocycles. The number of ether oxygens (including phenoxy) is 2. The number of anilines is 2. The van der Waals surface area contributed by atoms with Crippen molar-refractivity contribution < 1.29 is 14.3 Å². The van der Waals surface area contributed by atoms with E-state index in [1.165, 1.54) is 38.3 Å². The average molecular weight is 515 g/mol. The molecular formula is C31H38N4O3. The summed E-state index contributed by atoms with van der Waals surface area (Å²) in [6.07, 6.45) is 4.69. The van der Waals surface area contributed by atoms with Crippen LogP contribution in [0.3, 0.4) is 0 Å². The number of piperazine rings is 1. The molecule has 1 aromatic heterocycles. The highest BCUT2D eigenvalue weighted by atomic mass is 16.5. The summed E-state index contributed by atoms with van der Waals surface area (Å²) in [6.45, 7) is 6.44. The Kier molecular flexibility index (Phi) is 7.84. The zero-order chi connectivity index (χ0) is 26.5. The second-order valence-electron chi connectivity index (χ2n) is 10.5. The van der Waals surface area contributed by atoms with Crippen LogP contribution >= 0.6 is 0 Å². The van der Waals surface area contributed by atoms with Gasteiger partial charge in [0, 0.05) is 49.2 Å². The van der Waals surface area contributed by atoms with Crippen molar-refractivity contribution in [3.8, 4) is 11.8 Å². The van der Waals surface area contributed by atoms with Crippen molar-refractivity contribution >= 4 is 17.3 Å². The molecule has 0 radical (unpaired) electrons. The lowest BCUT2D eigenvalue weighted by Crippen LogP contribution is -2.56. The van der Waals surface area contributed by atoms with Gasteiger partial charge in [-0.3, -0.25) is 9.69 Å². The second kappa shape index (κ2) is 11.4. The fraction of sp³-hybridized carbons (Fsp3) is 0.419. The number of pyridine rings is 1. The van der Waals surface area contributed by atoms with Crippen LogP contribution in [-0.2, 0) is 5.54 Å². The maximum atomic E-state index is 13.2. The van der Waals surface area contributed by atoms with Crippen molar-refractivity contribution in [1.82, 2.24) is 9.88 Å². The Morgan fingerprint density at radius 2 is 1.66 bits per heavy atom. The molecule has 5 rings (SSSR count). The smallest absolute Gasteiger partial charge is 0.261 e. The molecule has 1 amide bonds. The molecule has 2 aromatic carbocycles. The summed E-state index contributed by atoms with van der Waals surface area (Å²) in [6, 6.07) is 22.5. The highest BCUT2D eigenvalue weighted by molar-refractivity contribution is 6.05. The first-order valence-electron chi connectivity index (χ1n) is 13.6. The Morgan fingerprint density at radius 3 is 2.34 bits per heavy atom. The molecule has 200 valence electrons. The van der Waals surface area contributed by atoms with Crippen molar-refractivity contribution in [2.75, 3.05) is 50.6 Å². The van der Waals surface area contributed by atoms with Gasteiger partial charge in [-0.25, -0.2) is 0 Å². The number of methoxy groups -OCH3 is 2. The van der Waals surface area contributed by atoms with Gasteiger partial charge in [0.05, 0.1) is 14.2 Å². The topological polar surface area (TPSA) is 66.9 Å². The lowest BCUT2D eigenvalue weighted by atomic mass is 9.71. The van der Waals surface area contributed by atoms with Crippen molar-refractivity contribution in [3.63, 3.8) is 0 Å². The number of hydrogen-bond donors (Lipinski definition) is 1. The molecule has 2 aliphatic rings. The molecule has 1 saturated heterocycles. The SMILES string of the molecule is COc1ccc(C(=O)Nc2cccc([C@]3(N4CCN(c5ccccc5)CC4)CC[C@H](C)CC3)c2)c(OC)n1. The first kappa shape index (κ1) is 26.0. The summed E-state index contributed by atoms with van der Waals surface area (Å²) in [5.74, 6) is 1.14. The van der Waals surface area contributed by atoms with Gasteiger partial charge in [0.25, 0.3) is 5.91 Å². The standard InChI is InChI=1S/C31H38N4O3/c1-23-14-16-31(17-15-23,35-20-18-34(19-21-35)26-10-5-4-6-11-26)24-8-7-9-25(22-24)32-29(36)27-12-13-28(37-2)33-30(27)38-3/h4-13,22-23H,14-21H2,1-3H3,(H,32,36)/t23-,31-. The molecule has 0 unspecified atom stereocenters. The number of nitrogens with zero attached hydrogens (tertiary/aromatic N) is 3. The lowest BCUT2D eigenvalue weighted by Gasteiger charge is -2.51. The molecule has 0 bridgehead atoms. The van der Waals surface area contributed by atoms with Crippen LogP contribution in [0.2, 0.25) is 0 Å². The number of aromatic nitrogens is 1. The fourth-order valence-corrected chi connectivity index (χ4v) is 6.01. The van der Waals surface area contributed by atoms with E-state index < -0.39 is 0 Å². The highest BCUT2D eigenvalue weighted by Gasteiger charge is 2.42. The highest BCUT2D eigenvalue weighted by Crippen LogP contribution is 2.45. The van der Waals surface area contributed by atoms with Gasteiger partial charge < -0.3 is 19.7 Å². The zero-order valence-corrected chi connectivity index (χ0v) is 22.7. The van der Waals surface area contributed by atoms with Gasteiger partial charge in [-0.2, -0.15) is 4.98 Å². The normalized spacial score (nSPS) is 22.1. The average Bonchev–Trinajstić information content (AvgIpc) is 2.98. The third-order valence-corrected chi connectivity index (χ3v) is 8.25. The van der Waals surface area contributed by atoms with E-state index in [-0.39, 0.29) is 17.3 Å². The predicted octanol–water partition coefficient (Wildman–Crippen LogP) is 5.58. The quantitative estimate of drug-likeness (QED) is 0.444. The predicted molar refractivity (Wildman–Crippen MR) is 151 cm³/mol. The van der Waals surface area contributed by atoms with Gasteiger partial charge in [-0.1, -0.05) is 37.3 Å². The first-order valence-corrected chi connectivity index (χ1v) is 13.6. The number of carbonyl (C=O) groups is 1. The van der Waals surface area contributed by atoms with Gasteiger partial charge >= 0.3 is 0 Å². The lowest BCUT2D eigenvalue weighted by molar-refractivity contribution is 0.0299. The fourth-order valence-electron chi connectivity index (χ4n) is 6.01. The molecule has 3 aromatic rings. The minimum absolute atomic E-state index is 0.0185. The van der Waals surface area contributed by atoms with Gasteiger partial charge in [0.2, 0.25) is 11.8 Å². The minimum atomic E-state index is -0.253. The van der Waals surface area contributed by atoms with E-state index in [9.17, 15) is 4.79 Å². The van der Waals surface area contributed by atoms with E-state index in [2.05, 4.69) is 75.6 Å². The third-order valence-electron chi connectivity index (χ3n) is 8.25. The van der Waals surface area contributed by atoms with Crippen LogP contribution in [0.15, 0.2) is 66.7 Å². The van der Waals surface area contributed by atoms with E-state index in [0.717, 1.165) is 50.6 Å². The zero-order valence-electron chi connectivity index (χ0n) is 22.7. The van der Waals surface area contributed by atoms with E-state index in [4.69, 9.17) is 9.47 Å². The Bertz CT molecular complexity index is 1230.